The van der Waals surface area contributed by atoms with Gasteiger partial charge >= 0.3 is 0 Å². The molecule has 0 unspecified atom stereocenters. The van der Waals surface area contributed by atoms with E-state index in [0.717, 1.165) is 18.5 Å². The van der Waals surface area contributed by atoms with E-state index in [4.69, 9.17) is 9.63 Å². The van der Waals surface area contributed by atoms with Gasteiger partial charge in [0.2, 0.25) is 11.7 Å². The first-order chi connectivity index (χ1) is 7.81. The number of aromatic nitrogens is 4. The van der Waals surface area contributed by atoms with E-state index in [2.05, 4.69) is 15.1 Å². The molecular weight excluding hydrogens is 208 g/mol. The molecule has 0 fully saturated rings. The third-order valence-electron chi connectivity index (χ3n) is 2.31. The Morgan fingerprint density at radius 3 is 3.00 bits per heavy atom. The summed E-state index contributed by atoms with van der Waals surface area (Å²) in [6, 6.07) is 0. The van der Waals surface area contributed by atoms with Gasteiger partial charge in [0, 0.05) is 20.1 Å². The predicted molar refractivity (Wildman–Crippen MR) is 56.5 cm³/mol. The lowest BCUT2D eigenvalue weighted by Gasteiger charge is -1.93. The number of unbranched alkanes of at least 4 members (excludes halogenated alkanes) is 1. The first kappa shape index (κ1) is 10.8. The van der Waals surface area contributed by atoms with Gasteiger partial charge < -0.3 is 14.2 Å². The average Bonchev–Trinajstić information content (AvgIpc) is 2.87. The number of rotatable bonds is 5. The summed E-state index contributed by atoms with van der Waals surface area (Å²) in [6.07, 6.45) is 5.69. The maximum Gasteiger partial charge on any atom is 0.227 e. The molecule has 0 bridgehead atoms. The van der Waals surface area contributed by atoms with Crippen LogP contribution in [-0.4, -0.2) is 31.4 Å². The third kappa shape index (κ3) is 2.27. The van der Waals surface area contributed by atoms with Crippen LogP contribution in [0.4, 0.5) is 0 Å². The summed E-state index contributed by atoms with van der Waals surface area (Å²) in [7, 11) is 1.88. The van der Waals surface area contributed by atoms with Crippen molar-refractivity contribution in [3.63, 3.8) is 0 Å². The molecule has 2 aromatic heterocycles. The highest BCUT2D eigenvalue weighted by Gasteiger charge is 2.10. The summed E-state index contributed by atoms with van der Waals surface area (Å²) >= 11 is 0. The van der Waals surface area contributed by atoms with Gasteiger partial charge in [-0.3, -0.25) is 0 Å². The molecule has 0 atom stereocenters. The quantitative estimate of drug-likeness (QED) is 0.756. The molecule has 6 nitrogen and oxygen atoms in total. The zero-order chi connectivity index (χ0) is 11.4. The normalized spacial score (nSPS) is 10.9. The highest BCUT2D eigenvalue weighted by atomic mass is 16.5. The van der Waals surface area contributed by atoms with Gasteiger partial charge in [0.15, 0.2) is 0 Å². The number of aliphatic hydroxyl groups excluding tert-OH is 1. The molecule has 1 N–H and O–H groups in total. The molecule has 6 heteroatoms. The SMILES string of the molecule is Cn1cncc1-c1noc(CCCCO)n1. The van der Waals surface area contributed by atoms with Crippen molar-refractivity contribution < 1.29 is 9.63 Å². The van der Waals surface area contributed by atoms with Crippen LogP contribution < -0.4 is 0 Å². The molecule has 0 aliphatic heterocycles. The average molecular weight is 222 g/mol. The zero-order valence-electron chi connectivity index (χ0n) is 9.13. The molecule has 2 aromatic rings. The van der Waals surface area contributed by atoms with Crippen LogP contribution in [0, 0.1) is 0 Å². The molecule has 0 amide bonds. The number of aryl methyl sites for hydroxylation is 2. The van der Waals surface area contributed by atoms with E-state index >= 15 is 0 Å². The van der Waals surface area contributed by atoms with E-state index in [9.17, 15) is 0 Å². The molecular formula is C10H14N4O2. The smallest absolute Gasteiger partial charge is 0.227 e. The Morgan fingerprint density at radius 2 is 2.31 bits per heavy atom. The van der Waals surface area contributed by atoms with E-state index in [1.54, 1.807) is 12.5 Å². The fourth-order valence-corrected chi connectivity index (χ4v) is 1.42. The highest BCUT2D eigenvalue weighted by molar-refractivity contribution is 5.46. The minimum Gasteiger partial charge on any atom is -0.396 e. The Balaban J connectivity index is 2.05. The van der Waals surface area contributed by atoms with Gasteiger partial charge in [-0.15, -0.1) is 0 Å². The molecule has 16 heavy (non-hydrogen) atoms. The Kier molecular flexibility index (Phi) is 3.31. The molecule has 2 heterocycles. The summed E-state index contributed by atoms with van der Waals surface area (Å²) in [5, 5.41) is 12.5. The number of hydrogen-bond donors (Lipinski definition) is 1. The van der Waals surface area contributed by atoms with Gasteiger partial charge in [-0.05, 0) is 12.8 Å². The van der Waals surface area contributed by atoms with Crippen molar-refractivity contribution in [2.75, 3.05) is 6.61 Å². The number of nitrogens with zero attached hydrogens (tertiary/aromatic N) is 4. The standard InChI is InChI=1S/C10H14N4O2/c1-14-7-11-6-8(14)10-12-9(16-13-10)4-2-3-5-15/h6-7,15H,2-5H2,1H3. The Labute approximate surface area is 92.9 Å². The molecule has 0 aromatic carbocycles. The summed E-state index contributed by atoms with van der Waals surface area (Å²) in [5.74, 6) is 1.16. The second-order valence-electron chi connectivity index (χ2n) is 3.58. The van der Waals surface area contributed by atoms with Gasteiger partial charge in [-0.2, -0.15) is 4.98 Å². The molecule has 0 saturated carbocycles. The van der Waals surface area contributed by atoms with Crippen molar-refractivity contribution in [2.45, 2.75) is 19.3 Å². The molecule has 2 rings (SSSR count). The van der Waals surface area contributed by atoms with Gasteiger partial charge in [0.05, 0.1) is 12.5 Å². The summed E-state index contributed by atoms with van der Waals surface area (Å²) < 4.78 is 6.94. The third-order valence-corrected chi connectivity index (χ3v) is 2.31. The van der Waals surface area contributed by atoms with Crippen LogP contribution in [0.5, 0.6) is 0 Å². The van der Waals surface area contributed by atoms with Gasteiger partial charge in [-0.1, -0.05) is 5.16 Å². The van der Waals surface area contributed by atoms with Crippen LogP contribution in [0.3, 0.4) is 0 Å². The Hall–Kier alpha value is -1.69. The van der Waals surface area contributed by atoms with E-state index in [-0.39, 0.29) is 6.61 Å². The fraction of sp³-hybridized carbons (Fsp3) is 0.500. The monoisotopic (exact) mass is 222 g/mol. The Morgan fingerprint density at radius 1 is 1.44 bits per heavy atom. The number of hydrogen-bond acceptors (Lipinski definition) is 5. The lowest BCUT2D eigenvalue weighted by molar-refractivity contribution is 0.281. The van der Waals surface area contributed by atoms with E-state index in [0.29, 0.717) is 18.1 Å². The molecule has 0 radical (unpaired) electrons. The second kappa shape index (κ2) is 4.89. The van der Waals surface area contributed by atoms with E-state index in [1.165, 1.54) is 0 Å². The van der Waals surface area contributed by atoms with Crippen molar-refractivity contribution in [1.82, 2.24) is 19.7 Å². The largest absolute Gasteiger partial charge is 0.396 e. The van der Waals surface area contributed by atoms with Gasteiger partial charge in [-0.25, -0.2) is 4.98 Å². The molecule has 0 spiro atoms. The van der Waals surface area contributed by atoms with Gasteiger partial charge in [0.1, 0.15) is 5.69 Å². The lowest BCUT2D eigenvalue weighted by Crippen LogP contribution is -1.92. The van der Waals surface area contributed by atoms with Crippen molar-refractivity contribution in [3.05, 3.63) is 18.4 Å². The maximum absolute atomic E-state index is 8.66. The van der Waals surface area contributed by atoms with Crippen molar-refractivity contribution in [1.29, 1.82) is 0 Å². The van der Waals surface area contributed by atoms with Crippen LogP contribution in [0.15, 0.2) is 17.0 Å². The van der Waals surface area contributed by atoms with Crippen LogP contribution >= 0.6 is 0 Å². The van der Waals surface area contributed by atoms with Gasteiger partial charge in [0.25, 0.3) is 0 Å². The predicted octanol–water partition coefficient (Wildman–Crippen LogP) is 0.785. The first-order valence-corrected chi connectivity index (χ1v) is 5.21. The van der Waals surface area contributed by atoms with Crippen molar-refractivity contribution in [2.24, 2.45) is 7.05 Å². The lowest BCUT2D eigenvalue weighted by atomic mass is 10.2. The van der Waals surface area contributed by atoms with Crippen molar-refractivity contribution in [3.8, 4) is 11.5 Å². The second-order valence-corrected chi connectivity index (χ2v) is 3.58. The minimum atomic E-state index is 0.197. The molecule has 0 aliphatic carbocycles. The molecule has 86 valence electrons. The van der Waals surface area contributed by atoms with Crippen molar-refractivity contribution >= 4 is 0 Å². The summed E-state index contributed by atoms with van der Waals surface area (Å²) in [6.45, 7) is 0.197. The zero-order valence-corrected chi connectivity index (χ0v) is 9.13. The number of aliphatic hydroxyl groups is 1. The van der Waals surface area contributed by atoms with Crippen LogP contribution in [0.1, 0.15) is 18.7 Å². The highest BCUT2D eigenvalue weighted by Crippen LogP contribution is 2.14. The molecule has 0 aliphatic rings. The van der Waals surface area contributed by atoms with E-state index < -0.39 is 0 Å². The summed E-state index contributed by atoms with van der Waals surface area (Å²) in [5.41, 5.74) is 0.831. The number of imidazole rings is 1. The Bertz CT molecular complexity index is 449. The van der Waals surface area contributed by atoms with E-state index in [1.807, 2.05) is 11.6 Å². The minimum absolute atomic E-state index is 0.197. The topological polar surface area (TPSA) is 77.0 Å². The fourth-order valence-electron chi connectivity index (χ4n) is 1.42. The van der Waals surface area contributed by atoms with Crippen LogP contribution in [0.25, 0.3) is 11.5 Å². The summed E-state index contributed by atoms with van der Waals surface area (Å²) in [4.78, 5) is 8.26. The van der Waals surface area contributed by atoms with Crippen LogP contribution in [0.2, 0.25) is 0 Å². The maximum atomic E-state index is 8.66. The molecule has 0 saturated heterocycles. The van der Waals surface area contributed by atoms with Crippen LogP contribution in [-0.2, 0) is 13.5 Å². The first-order valence-electron chi connectivity index (χ1n) is 5.21.